The summed E-state index contributed by atoms with van der Waals surface area (Å²) in [5, 5.41) is 14.0. The van der Waals surface area contributed by atoms with Crippen LogP contribution >= 0.6 is 0 Å². The quantitative estimate of drug-likeness (QED) is 0.456. The third-order valence-electron chi connectivity index (χ3n) is 3.40. The van der Waals surface area contributed by atoms with Gasteiger partial charge in [-0.1, -0.05) is 0 Å². The zero-order valence-corrected chi connectivity index (χ0v) is 12.8. The van der Waals surface area contributed by atoms with Crippen molar-refractivity contribution in [2.24, 2.45) is 0 Å². The van der Waals surface area contributed by atoms with Gasteiger partial charge in [-0.15, -0.1) is 0 Å². The molecule has 1 aromatic heterocycles. The van der Waals surface area contributed by atoms with E-state index in [9.17, 15) is 14.9 Å². The first-order chi connectivity index (χ1) is 10.4. The van der Waals surface area contributed by atoms with E-state index >= 15 is 0 Å². The highest BCUT2D eigenvalue weighted by molar-refractivity contribution is 5.78. The van der Waals surface area contributed by atoms with Crippen LogP contribution in [0.3, 0.4) is 0 Å². The first-order valence-corrected chi connectivity index (χ1v) is 7.11. The van der Waals surface area contributed by atoms with Gasteiger partial charge in [-0.25, -0.2) is 9.78 Å². The fourth-order valence-electron chi connectivity index (χ4n) is 1.79. The van der Waals surface area contributed by atoms with Crippen molar-refractivity contribution in [3.8, 4) is 0 Å². The summed E-state index contributed by atoms with van der Waals surface area (Å²) in [6.07, 6.45) is 3.08. The number of aromatic nitrogens is 2. The van der Waals surface area contributed by atoms with Gasteiger partial charge in [-0.05, 0) is 26.7 Å². The van der Waals surface area contributed by atoms with Gasteiger partial charge in [-0.2, -0.15) is 4.98 Å². The smallest absolute Gasteiger partial charge is 0.329 e. The summed E-state index contributed by atoms with van der Waals surface area (Å²) in [6, 6.07) is -0.371. The number of carbonyl (C=O) groups is 1. The van der Waals surface area contributed by atoms with Crippen molar-refractivity contribution >= 4 is 23.4 Å². The molecule has 1 aliphatic rings. The molecule has 0 spiro atoms. The second-order valence-corrected chi connectivity index (χ2v) is 5.12. The SMILES string of the molecule is CCOC(=O)[C@@H](C)N(C)c1ncc([N+](=O)[O-])c(NC2CC2)n1. The molecule has 1 N–H and O–H groups in total. The Morgan fingerprint density at radius 3 is 2.86 bits per heavy atom. The number of carbonyl (C=O) groups excluding carboxylic acids is 1. The minimum atomic E-state index is -0.588. The van der Waals surface area contributed by atoms with Crippen molar-refractivity contribution in [2.75, 3.05) is 23.9 Å². The Labute approximate surface area is 127 Å². The van der Waals surface area contributed by atoms with Gasteiger partial charge in [0.05, 0.1) is 11.5 Å². The number of nitro groups is 1. The van der Waals surface area contributed by atoms with E-state index in [1.165, 1.54) is 4.90 Å². The van der Waals surface area contributed by atoms with Crippen LogP contribution in [0, 0.1) is 10.1 Å². The second-order valence-electron chi connectivity index (χ2n) is 5.12. The van der Waals surface area contributed by atoms with Crippen LogP contribution in [-0.4, -0.2) is 46.6 Å². The monoisotopic (exact) mass is 309 g/mol. The minimum Gasteiger partial charge on any atom is -0.464 e. The number of nitrogens with zero attached hydrogens (tertiary/aromatic N) is 4. The van der Waals surface area contributed by atoms with E-state index in [0.717, 1.165) is 19.0 Å². The summed E-state index contributed by atoms with van der Waals surface area (Å²) in [7, 11) is 1.64. The van der Waals surface area contributed by atoms with Gasteiger partial charge in [0.2, 0.25) is 11.8 Å². The number of nitrogens with one attached hydrogen (secondary N) is 1. The zero-order chi connectivity index (χ0) is 16.3. The summed E-state index contributed by atoms with van der Waals surface area (Å²) in [5.41, 5.74) is -0.173. The van der Waals surface area contributed by atoms with Gasteiger partial charge in [0.15, 0.2) is 0 Å². The van der Waals surface area contributed by atoms with Gasteiger partial charge in [0.1, 0.15) is 12.2 Å². The highest BCUT2D eigenvalue weighted by Gasteiger charge is 2.28. The van der Waals surface area contributed by atoms with Gasteiger partial charge in [0, 0.05) is 13.1 Å². The molecule has 0 aromatic carbocycles. The lowest BCUT2D eigenvalue weighted by molar-refractivity contribution is -0.384. The summed E-state index contributed by atoms with van der Waals surface area (Å²) in [6.45, 7) is 3.67. The molecular weight excluding hydrogens is 290 g/mol. The molecule has 0 bridgehead atoms. The maximum atomic E-state index is 11.8. The average molecular weight is 309 g/mol. The molecular formula is C13H19N5O4. The van der Waals surface area contributed by atoms with Crippen LogP contribution in [0.15, 0.2) is 6.20 Å². The highest BCUT2D eigenvalue weighted by atomic mass is 16.6. The number of hydrogen-bond acceptors (Lipinski definition) is 8. The van der Waals surface area contributed by atoms with Crippen molar-refractivity contribution in [1.29, 1.82) is 0 Å². The lowest BCUT2D eigenvalue weighted by atomic mass is 10.3. The first kappa shape index (κ1) is 15.9. The third kappa shape index (κ3) is 3.60. The molecule has 0 saturated heterocycles. The fourth-order valence-corrected chi connectivity index (χ4v) is 1.79. The van der Waals surface area contributed by atoms with Crippen molar-refractivity contribution in [3.63, 3.8) is 0 Å². The molecule has 1 atom stereocenters. The Hall–Kier alpha value is -2.45. The Morgan fingerprint density at radius 1 is 1.64 bits per heavy atom. The third-order valence-corrected chi connectivity index (χ3v) is 3.40. The van der Waals surface area contributed by atoms with E-state index in [4.69, 9.17) is 4.74 Å². The number of ether oxygens (including phenoxy) is 1. The van der Waals surface area contributed by atoms with Gasteiger partial charge >= 0.3 is 11.7 Å². The van der Waals surface area contributed by atoms with E-state index in [0.29, 0.717) is 0 Å². The lowest BCUT2D eigenvalue weighted by Gasteiger charge is -2.23. The van der Waals surface area contributed by atoms with Gasteiger partial charge in [0.25, 0.3) is 0 Å². The van der Waals surface area contributed by atoms with E-state index in [1.807, 2.05) is 0 Å². The van der Waals surface area contributed by atoms with Crippen LogP contribution in [-0.2, 0) is 9.53 Å². The van der Waals surface area contributed by atoms with E-state index in [-0.39, 0.29) is 30.1 Å². The Balaban J connectivity index is 2.22. The largest absolute Gasteiger partial charge is 0.464 e. The highest BCUT2D eigenvalue weighted by Crippen LogP contribution is 2.30. The molecule has 1 fully saturated rings. The van der Waals surface area contributed by atoms with Crippen LogP contribution in [0.2, 0.25) is 0 Å². The van der Waals surface area contributed by atoms with Crippen molar-refractivity contribution in [3.05, 3.63) is 16.3 Å². The number of esters is 1. The number of likely N-dealkylation sites (N-methyl/N-ethyl adjacent to an activating group) is 1. The molecule has 1 saturated carbocycles. The molecule has 0 amide bonds. The molecule has 0 unspecified atom stereocenters. The van der Waals surface area contributed by atoms with Gasteiger partial charge in [-0.3, -0.25) is 10.1 Å². The first-order valence-electron chi connectivity index (χ1n) is 7.11. The molecule has 22 heavy (non-hydrogen) atoms. The fraction of sp³-hybridized carbons (Fsp3) is 0.615. The normalized spacial score (nSPS) is 15.0. The molecule has 0 radical (unpaired) electrons. The van der Waals surface area contributed by atoms with Crippen LogP contribution in [0.1, 0.15) is 26.7 Å². The van der Waals surface area contributed by atoms with Crippen molar-refractivity contribution in [2.45, 2.75) is 38.8 Å². The van der Waals surface area contributed by atoms with Crippen LogP contribution in [0.25, 0.3) is 0 Å². The number of rotatable bonds is 7. The Kier molecular flexibility index (Phi) is 4.74. The molecule has 1 aromatic rings. The summed E-state index contributed by atoms with van der Waals surface area (Å²) >= 11 is 0. The lowest BCUT2D eigenvalue weighted by Crippen LogP contribution is -2.38. The molecule has 9 nitrogen and oxygen atoms in total. The second kappa shape index (κ2) is 6.54. The topological polar surface area (TPSA) is 110 Å². The maximum absolute atomic E-state index is 11.8. The van der Waals surface area contributed by atoms with Crippen LogP contribution in [0.5, 0.6) is 0 Å². The van der Waals surface area contributed by atoms with Crippen molar-refractivity contribution in [1.82, 2.24) is 9.97 Å². The summed E-state index contributed by atoms with van der Waals surface area (Å²) in [4.78, 5) is 32.0. The van der Waals surface area contributed by atoms with E-state index in [2.05, 4.69) is 15.3 Å². The Morgan fingerprint density at radius 2 is 2.32 bits per heavy atom. The molecule has 2 rings (SSSR count). The van der Waals surface area contributed by atoms with Crippen LogP contribution in [0.4, 0.5) is 17.5 Å². The standard InChI is InChI=1S/C13H19N5O4/c1-4-22-12(19)8(2)17(3)13-14-7-10(18(20)21)11(16-13)15-9-5-6-9/h7-9H,4-6H2,1-3H3,(H,14,15,16)/t8-/m1/s1. The number of anilines is 2. The zero-order valence-electron chi connectivity index (χ0n) is 12.8. The predicted octanol–water partition coefficient (Wildman–Crippen LogP) is 1.35. The summed E-state index contributed by atoms with van der Waals surface area (Å²) in [5.74, 6) is 0.0124. The van der Waals surface area contributed by atoms with Gasteiger partial charge < -0.3 is 15.0 Å². The van der Waals surface area contributed by atoms with Crippen LogP contribution < -0.4 is 10.2 Å². The molecule has 1 heterocycles. The van der Waals surface area contributed by atoms with E-state index in [1.54, 1.807) is 20.9 Å². The number of hydrogen-bond donors (Lipinski definition) is 1. The maximum Gasteiger partial charge on any atom is 0.329 e. The van der Waals surface area contributed by atoms with Crippen molar-refractivity contribution < 1.29 is 14.5 Å². The molecule has 120 valence electrons. The predicted molar refractivity (Wildman–Crippen MR) is 79.8 cm³/mol. The Bertz CT molecular complexity index is 576. The molecule has 1 aliphatic carbocycles. The molecule has 9 heteroatoms. The minimum absolute atomic E-state index is 0.173. The van der Waals surface area contributed by atoms with E-state index < -0.39 is 16.9 Å². The average Bonchev–Trinajstić information content (AvgIpc) is 3.29. The summed E-state index contributed by atoms with van der Waals surface area (Å²) < 4.78 is 4.95. The molecule has 0 aliphatic heterocycles.